The first-order valence-electron chi connectivity index (χ1n) is 10.8. The van der Waals surface area contributed by atoms with Crippen LogP contribution in [-0.2, 0) is 10.0 Å². The number of benzene rings is 2. The maximum absolute atomic E-state index is 13.1. The largest absolute Gasteiger partial charge is 0.454 e. The highest BCUT2D eigenvalue weighted by atomic mass is 32.2. The zero-order valence-electron chi connectivity index (χ0n) is 17.2. The van der Waals surface area contributed by atoms with Crippen LogP contribution in [0, 0.1) is 11.8 Å². The number of hydrogen-bond donors (Lipinski definition) is 1. The fraction of sp³-hybridized carbons (Fsp3) is 0.435. The van der Waals surface area contributed by atoms with Crippen molar-refractivity contribution in [1.29, 1.82) is 0 Å². The van der Waals surface area contributed by atoms with Gasteiger partial charge in [0.2, 0.25) is 6.79 Å². The lowest BCUT2D eigenvalue weighted by Crippen LogP contribution is -2.44. The van der Waals surface area contributed by atoms with E-state index in [0.29, 0.717) is 28.7 Å². The second kappa shape index (κ2) is 8.07. The number of carbonyl (C=O) groups excluding carboxylic acids is 1. The normalized spacial score (nSPS) is 22.6. The summed E-state index contributed by atoms with van der Waals surface area (Å²) in [7, 11) is -3.85. The Kier molecular flexibility index (Phi) is 5.25. The van der Waals surface area contributed by atoms with Crippen LogP contribution in [0.5, 0.6) is 11.5 Å². The van der Waals surface area contributed by atoms with Gasteiger partial charge in [-0.3, -0.25) is 9.52 Å². The molecular formula is C23H26N2O5S. The molecule has 0 spiro atoms. The number of nitrogens with one attached hydrogen (secondary N) is 1. The van der Waals surface area contributed by atoms with Crippen molar-refractivity contribution in [2.45, 2.75) is 37.0 Å². The Morgan fingerprint density at radius 3 is 2.65 bits per heavy atom. The summed E-state index contributed by atoms with van der Waals surface area (Å²) in [5, 5.41) is 0. The van der Waals surface area contributed by atoms with E-state index in [-0.39, 0.29) is 17.6 Å². The highest BCUT2D eigenvalue weighted by Crippen LogP contribution is 2.37. The van der Waals surface area contributed by atoms with Gasteiger partial charge in [-0.15, -0.1) is 0 Å². The maximum atomic E-state index is 13.1. The summed E-state index contributed by atoms with van der Waals surface area (Å²) >= 11 is 0. The van der Waals surface area contributed by atoms with Crippen LogP contribution in [0.25, 0.3) is 0 Å². The zero-order chi connectivity index (χ0) is 21.4. The second-order valence-electron chi connectivity index (χ2n) is 8.55. The Labute approximate surface area is 182 Å². The van der Waals surface area contributed by atoms with Gasteiger partial charge in [-0.05, 0) is 55.0 Å². The van der Waals surface area contributed by atoms with Gasteiger partial charge in [-0.25, -0.2) is 8.42 Å². The summed E-state index contributed by atoms with van der Waals surface area (Å²) in [4.78, 5) is 15.1. The Hall–Kier alpha value is -2.74. The Morgan fingerprint density at radius 2 is 1.77 bits per heavy atom. The lowest BCUT2D eigenvalue weighted by Gasteiger charge is -2.41. The quantitative estimate of drug-likeness (QED) is 0.777. The third kappa shape index (κ3) is 4.08. The molecule has 0 unspecified atom stereocenters. The van der Waals surface area contributed by atoms with E-state index in [4.69, 9.17) is 9.47 Å². The molecule has 2 aromatic rings. The molecule has 1 saturated heterocycles. The smallest absolute Gasteiger partial charge is 0.261 e. The lowest BCUT2D eigenvalue weighted by molar-refractivity contribution is 0.0520. The van der Waals surface area contributed by atoms with Crippen molar-refractivity contribution in [3.63, 3.8) is 0 Å². The van der Waals surface area contributed by atoms with Crippen LogP contribution in [0.4, 0.5) is 5.69 Å². The highest BCUT2D eigenvalue weighted by molar-refractivity contribution is 7.92. The molecule has 7 nitrogen and oxygen atoms in total. The molecule has 1 amide bonds. The summed E-state index contributed by atoms with van der Waals surface area (Å²) in [5.41, 5.74) is 0.781. The van der Waals surface area contributed by atoms with Gasteiger partial charge in [0.1, 0.15) is 0 Å². The summed E-state index contributed by atoms with van der Waals surface area (Å²) in [6.45, 7) is 1.64. The minimum absolute atomic E-state index is 0.0589. The number of anilines is 1. The lowest BCUT2D eigenvalue weighted by atomic mass is 9.75. The number of sulfonamides is 1. The van der Waals surface area contributed by atoms with E-state index in [9.17, 15) is 13.2 Å². The number of likely N-dealkylation sites (tertiary alicyclic amines) is 1. The maximum Gasteiger partial charge on any atom is 0.261 e. The van der Waals surface area contributed by atoms with Gasteiger partial charge in [0, 0.05) is 24.7 Å². The molecule has 0 radical (unpaired) electrons. The van der Waals surface area contributed by atoms with Crippen molar-refractivity contribution in [3.8, 4) is 11.5 Å². The van der Waals surface area contributed by atoms with Gasteiger partial charge in [-0.2, -0.15) is 0 Å². The standard InChI is InChI=1S/C23H26N2O5S/c26-23(25-11-10-16-4-1-2-5-18(16)14-25)17-6-3-7-20(12-17)31(27,28)24-19-8-9-21-22(13-19)30-15-29-21/h3,6-9,12-13,16,18,24H,1-2,4-5,10-11,14-15H2/t16-,18+/m1/s1. The zero-order valence-corrected chi connectivity index (χ0v) is 18.1. The number of ether oxygens (including phenoxy) is 2. The summed E-state index contributed by atoms with van der Waals surface area (Å²) in [6, 6.07) is 11.1. The number of hydrogen-bond acceptors (Lipinski definition) is 5. The van der Waals surface area contributed by atoms with Gasteiger partial charge in [0.05, 0.1) is 10.6 Å². The number of piperidine rings is 1. The average Bonchev–Trinajstić information content (AvgIpc) is 3.26. The van der Waals surface area contributed by atoms with Crippen molar-refractivity contribution in [3.05, 3.63) is 48.0 Å². The minimum atomic E-state index is -3.85. The number of rotatable bonds is 4. The van der Waals surface area contributed by atoms with Crippen molar-refractivity contribution < 1.29 is 22.7 Å². The summed E-state index contributed by atoms with van der Waals surface area (Å²) in [6.07, 6.45) is 6.03. The fourth-order valence-electron chi connectivity index (χ4n) is 4.94. The predicted molar refractivity (Wildman–Crippen MR) is 116 cm³/mol. The van der Waals surface area contributed by atoms with Crippen LogP contribution >= 0.6 is 0 Å². The first kappa shape index (κ1) is 20.2. The van der Waals surface area contributed by atoms with Gasteiger partial charge in [-0.1, -0.05) is 25.3 Å². The van der Waals surface area contributed by atoms with Gasteiger partial charge in [0.25, 0.3) is 15.9 Å². The molecule has 0 bridgehead atoms. The van der Waals surface area contributed by atoms with Gasteiger partial charge in [0.15, 0.2) is 11.5 Å². The molecule has 1 saturated carbocycles. The van der Waals surface area contributed by atoms with Crippen LogP contribution in [0.3, 0.4) is 0 Å². The molecule has 2 atom stereocenters. The fourth-order valence-corrected chi connectivity index (χ4v) is 6.03. The number of fused-ring (bicyclic) bond motifs is 2. The van der Waals surface area contributed by atoms with Crippen LogP contribution in [-0.4, -0.2) is 39.1 Å². The van der Waals surface area contributed by atoms with Crippen LogP contribution in [0.2, 0.25) is 0 Å². The SMILES string of the molecule is O=C(c1cccc(S(=O)(=O)Nc2ccc3c(c2)OCO3)c1)N1CC[C@H]2CCCC[C@H]2C1. The van der Waals surface area contributed by atoms with Crippen molar-refractivity contribution in [2.75, 3.05) is 24.6 Å². The molecule has 1 N–H and O–H groups in total. The van der Waals surface area contributed by atoms with E-state index >= 15 is 0 Å². The molecule has 0 aromatic heterocycles. The molecule has 8 heteroatoms. The molecular weight excluding hydrogens is 416 g/mol. The van der Waals surface area contributed by atoms with Crippen LogP contribution < -0.4 is 14.2 Å². The van der Waals surface area contributed by atoms with Crippen LogP contribution in [0.1, 0.15) is 42.5 Å². The van der Waals surface area contributed by atoms with E-state index in [1.165, 1.54) is 37.8 Å². The minimum Gasteiger partial charge on any atom is -0.454 e. The predicted octanol–water partition coefficient (Wildman–Crippen LogP) is 3.87. The van der Waals surface area contributed by atoms with Crippen molar-refractivity contribution in [1.82, 2.24) is 4.90 Å². The molecule has 2 heterocycles. The third-order valence-electron chi connectivity index (χ3n) is 6.59. The molecule has 5 rings (SSSR count). The summed E-state index contributed by atoms with van der Waals surface area (Å²) in [5.74, 6) is 2.29. The third-order valence-corrected chi connectivity index (χ3v) is 7.97. The topological polar surface area (TPSA) is 84.9 Å². The van der Waals surface area contributed by atoms with E-state index in [2.05, 4.69) is 4.72 Å². The highest BCUT2D eigenvalue weighted by Gasteiger charge is 2.33. The molecule has 2 aromatic carbocycles. The van der Waals surface area contributed by atoms with E-state index in [1.807, 2.05) is 4.90 Å². The molecule has 2 aliphatic heterocycles. The van der Waals surface area contributed by atoms with E-state index in [0.717, 1.165) is 25.4 Å². The average molecular weight is 443 g/mol. The second-order valence-corrected chi connectivity index (χ2v) is 10.2. The molecule has 2 fully saturated rings. The van der Waals surface area contributed by atoms with Crippen LogP contribution in [0.15, 0.2) is 47.4 Å². The molecule has 164 valence electrons. The Bertz CT molecular complexity index is 1100. The van der Waals surface area contributed by atoms with Crippen molar-refractivity contribution >= 4 is 21.6 Å². The Balaban J connectivity index is 1.32. The van der Waals surface area contributed by atoms with Gasteiger partial charge >= 0.3 is 0 Å². The first-order valence-corrected chi connectivity index (χ1v) is 12.3. The van der Waals surface area contributed by atoms with Gasteiger partial charge < -0.3 is 14.4 Å². The molecule has 3 aliphatic rings. The number of amides is 1. The molecule has 31 heavy (non-hydrogen) atoms. The first-order chi connectivity index (χ1) is 15.0. The Morgan fingerprint density at radius 1 is 0.968 bits per heavy atom. The van der Waals surface area contributed by atoms with E-state index in [1.54, 1.807) is 30.3 Å². The molecule has 1 aliphatic carbocycles. The monoisotopic (exact) mass is 442 g/mol. The van der Waals surface area contributed by atoms with E-state index < -0.39 is 10.0 Å². The number of nitrogens with zero attached hydrogens (tertiary/aromatic N) is 1. The van der Waals surface area contributed by atoms with Crippen molar-refractivity contribution in [2.24, 2.45) is 11.8 Å². The number of carbonyl (C=O) groups is 1. The summed E-state index contributed by atoms with van der Waals surface area (Å²) < 4.78 is 39.0.